The Hall–Kier alpha value is -2.82. The van der Waals surface area contributed by atoms with E-state index in [0.717, 1.165) is 5.56 Å². The number of ether oxygens (including phenoxy) is 1. The van der Waals surface area contributed by atoms with Crippen LogP contribution in [0.15, 0.2) is 53.7 Å². The fourth-order valence-electron chi connectivity index (χ4n) is 3.70. The molecule has 1 aromatic carbocycles. The molecule has 0 unspecified atom stereocenters. The second-order valence-electron chi connectivity index (χ2n) is 7.49. The highest BCUT2D eigenvalue weighted by Gasteiger charge is 2.35. The lowest BCUT2D eigenvalue weighted by atomic mass is 10.1. The molecule has 2 fully saturated rings. The van der Waals surface area contributed by atoms with Crippen molar-refractivity contribution in [1.82, 2.24) is 14.6 Å². The molecule has 0 bridgehead atoms. The lowest BCUT2D eigenvalue weighted by molar-refractivity contribution is -0.126. The van der Waals surface area contributed by atoms with Crippen molar-refractivity contribution in [1.29, 1.82) is 0 Å². The van der Waals surface area contributed by atoms with Gasteiger partial charge in [-0.05, 0) is 35.9 Å². The zero-order valence-corrected chi connectivity index (χ0v) is 17.8. The van der Waals surface area contributed by atoms with E-state index in [4.69, 9.17) is 4.74 Å². The molecule has 0 radical (unpaired) electrons. The fourth-order valence-corrected chi connectivity index (χ4v) is 5.11. The minimum Gasteiger partial charge on any atom is -0.379 e. The van der Waals surface area contributed by atoms with Gasteiger partial charge in [0, 0.05) is 50.7 Å². The molecule has 2 aliphatic heterocycles. The van der Waals surface area contributed by atoms with Gasteiger partial charge in [-0.3, -0.25) is 14.6 Å². The number of rotatable bonds is 6. The van der Waals surface area contributed by atoms with E-state index < -0.39 is 15.9 Å². The van der Waals surface area contributed by atoms with Crippen LogP contribution in [0.3, 0.4) is 0 Å². The third-order valence-corrected chi connectivity index (χ3v) is 7.35. The van der Waals surface area contributed by atoms with Gasteiger partial charge in [0.25, 0.3) is 0 Å². The van der Waals surface area contributed by atoms with Gasteiger partial charge in [-0.2, -0.15) is 4.31 Å². The van der Waals surface area contributed by atoms with Crippen LogP contribution >= 0.6 is 0 Å². The lowest BCUT2D eigenvalue weighted by Crippen LogP contribution is -2.40. The van der Waals surface area contributed by atoms with Gasteiger partial charge in [-0.25, -0.2) is 8.42 Å². The van der Waals surface area contributed by atoms with Crippen LogP contribution in [0.5, 0.6) is 0 Å². The molecule has 4 rings (SSSR count). The Morgan fingerprint density at radius 2 is 1.90 bits per heavy atom. The summed E-state index contributed by atoms with van der Waals surface area (Å²) >= 11 is 0. The van der Waals surface area contributed by atoms with Crippen LogP contribution in [0.25, 0.3) is 0 Å². The molecule has 1 aromatic heterocycles. The first-order valence-corrected chi connectivity index (χ1v) is 11.5. The maximum Gasteiger partial charge on any atom is 0.243 e. The first-order valence-electron chi connectivity index (χ1n) is 10.1. The summed E-state index contributed by atoms with van der Waals surface area (Å²) in [5.41, 5.74) is 1.46. The van der Waals surface area contributed by atoms with Gasteiger partial charge in [0.1, 0.15) is 0 Å². The molecule has 2 aliphatic rings. The molecule has 10 heteroatoms. The Balaban J connectivity index is 1.39. The van der Waals surface area contributed by atoms with Gasteiger partial charge in [0.2, 0.25) is 21.8 Å². The number of hydrogen-bond acceptors (Lipinski definition) is 6. The molecular formula is C21H24N4O5S. The molecule has 164 valence electrons. The highest BCUT2D eigenvalue weighted by atomic mass is 32.2. The molecule has 31 heavy (non-hydrogen) atoms. The summed E-state index contributed by atoms with van der Waals surface area (Å²) in [6, 6.07) is 9.89. The average molecular weight is 445 g/mol. The molecule has 2 saturated heterocycles. The number of anilines is 1. The molecule has 3 heterocycles. The highest BCUT2D eigenvalue weighted by Crippen LogP contribution is 2.27. The number of amides is 2. The van der Waals surface area contributed by atoms with Crippen molar-refractivity contribution in [2.45, 2.75) is 17.9 Å². The zero-order chi connectivity index (χ0) is 21.8. The molecular weight excluding hydrogens is 420 g/mol. The van der Waals surface area contributed by atoms with Crippen LogP contribution < -0.4 is 10.2 Å². The maximum atomic E-state index is 12.7. The smallest absolute Gasteiger partial charge is 0.243 e. The number of carbonyl (C=O) groups excluding carboxylic acids is 2. The van der Waals surface area contributed by atoms with E-state index in [0.29, 0.717) is 38.5 Å². The summed E-state index contributed by atoms with van der Waals surface area (Å²) < 4.78 is 32.1. The van der Waals surface area contributed by atoms with Gasteiger partial charge in [0.15, 0.2) is 0 Å². The molecule has 0 spiro atoms. The summed E-state index contributed by atoms with van der Waals surface area (Å²) in [6.45, 7) is 2.02. The topological polar surface area (TPSA) is 109 Å². The number of morpholine rings is 1. The number of aromatic nitrogens is 1. The zero-order valence-electron chi connectivity index (χ0n) is 16.9. The number of hydrogen-bond donors (Lipinski definition) is 1. The number of carbonyl (C=O) groups is 2. The summed E-state index contributed by atoms with van der Waals surface area (Å²) in [5.74, 6) is -0.808. The number of benzene rings is 1. The van der Waals surface area contributed by atoms with E-state index >= 15 is 0 Å². The van der Waals surface area contributed by atoms with E-state index in [-0.39, 0.29) is 29.7 Å². The second kappa shape index (κ2) is 9.13. The Kier molecular flexibility index (Phi) is 6.30. The number of sulfonamides is 1. The Morgan fingerprint density at radius 3 is 2.58 bits per heavy atom. The monoisotopic (exact) mass is 444 g/mol. The fraction of sp³-hybridized carbons (Fsp3) is 0.381. The van der Waals surface area contributed by atoms with Gasteiger partial charge in [-0.1, -0.05) is 6.07 Å². The molecule has 9 nitrogen and oxygen atoms in total. The summed E-state index contributed by atoms with van der Waals surface area (Å²) in [6.07, 6.45) is 3.46. The Morgan fingerprint density at radius 1 is 1.16 bits per heavy atom. The van der Waals surface area contributed by atoms with Crippen molar-refractivity contribution in [2.24, 2.45) is 5.92 Å². The Bertz CT molecular complexity index is 1040. The van der Waals surface area contributed by atoms with Crippen LogP contribution in [0.4, 0.5) is 5.69 Å². The first-order chi connectivity index (χ1) is 14.9. The van der Waals surface area contributed by atoms with Crippen molar-refractivity contribution in [3.05, 3.63) is 54.4 Å². The molecule has 0 saturated carbocycles. The quantitative estimate of drug-likeness (QED) is 0.705. The van der Waals surface area contributed by atoms with Crippen molar-refractivity contribution < 1.29 is 22.7 Å². The van der Waals surface area contributed by atoms with Crippen molar-refractivity contribution in [3.63, 3.8) is 0 Å². The third-order valence-electron chi connectivity index (χ3n) is 5.44. The summed E-state index contributed by atoms with van der Waals surface area (Å²) in [4.78, 5) is 30.7. The van der Waals surface area contributed by atoms with Crippen molar-refractivity contribution in [2.75, 3.05) is 37.7 Å². The summed E-state index contributed by atoms with van der Waals surface area (Å²) in [7, 11) is -3.59. The average Bonchev–Trinajstić information content (AvgIpc) is 3.20. The summed E-state index contributed by atoms with van der Waals surface area (Å²) in [5, 5.41) is 2.85. The number of pyridine rings is 1. The Labute approximate surface area is 181 Å². The first kappa shape index (κ1) is 21.4. The minimum atomic E-state index is -3.59. The largest absolute Gasteiger partial charge is 0.379 e. The molecule has 1 N–H and O–H groups in total. The van der Waals surface area contributed by atoms with Crippen LogP contribution in [0.1, 0.15) is 12.0 Å². The van der Waals surface area contributed by atoms with Crippen LogP contribution in [-0.4, -0.2) is 62.4 Å². The van der Waals surface area contributed by atoms with Crippen molar-refractivity contribution >= 4 is 27.5 Å². The highest BCUT2D eigenvalue weighted by molar-refractivity contribution is 7.89. The van der Waals surface area contributed by atoms with Gasteiger partial charge in [0.05, 0.1) is 24.0 Å². The lowest BCUT2D eigenvalue weighted by Gasteiger charge is -2.26. The van der Waals surface area contributed by atoms with E-state index in [1.54, 1.807) is 30.6 Å². The number of nitrogens with zero attached hydrogens (tertiary/aromatic N) is 3. The molecule has 0 aliphatic carbocycles. The van der Waals surface area contributed by atoms with E-state index in [1.165, 1.54) is 21.3 Å². The van der Waals surface area contributed by atoms with Crippen LogP contribution in [-0.2, 0) is 30.9 Å². The molecule has 2 amide bonds. The predicted octanol–water partition coefficient (Wildman–Crippen LogP) is 0.772. The SMILES string of the molecule is O=C(NCc1cccnc1)[C@@H]1CC(=O)N(c2ccc(S(=O)(=O)N3CCOCC3)cc2)C1. The molecule has 2 aromatic rings. The van der Waals surface area contributed by atoms with Crippen LogP contribution in [0.2, 0.25) is 0 Å². The number of nitrogens with one attached hydrogen (secondary N) is 1. The maximum absolute atomic E-state index is 12.7. The predicted molar refractivity (Wildman–Crippen MR) is 113 cm³/mol. The normalized spacial score (nSPS) is 20.1. The molecule has 1 atom stereocenters. The van der Waals surface area contributed by atoms with E-state index in [1.807, 2.05) is 6.07 Å². The van der Waals surface area contributed by atoms with Gasteiger partial charge in [-0.15, -0.1) is 0 Å². The minimum absolute atomic E-state index is 0.118. The van der Waals surface area contributed by atoms with E-state index in [9.17, 15) is 18.0 Å². The second-order valence-corrected chi connectivity index (χ2v) is 9.43. The van der Waals surface area contributed by atoms with E-state index in [2.05, 4.69) is 10.3 Å². The third kappa shape index (κ3) is 4.76. The van der Waals surface area contributed by atoms with Gasteiger partial charge < -0.3 is 15.0 Å². The van der Waals surface area contributed by atoms with Gasteiger partial charge >= 0.3 is 0 Å². The standard InChI is InChI=1S/C21H24N4O5S/c26-20-12-17(21(27)23-14-16-2-1-7-22-13-16)15-25(20)18-3-5-19(6-4-18)31(28,29)24-8-10-30-11-9-24/h1-7,13,17H,8-12,14-15H2,(H,23,27)/t17-/m1/s1. The van der Waals surface area contributed by atoms with Crippen LogP contribution in [0, 0.1) is 5.92 Å². The van der Waals surface area contributed by atoms with Crippen molar-refractivity contribution in [3.8, 4) is 0 Å².